The fourth-order valence-electron chi connectivity index (χ4n) is 2.13. The minimum absolute atomic E-state index is 0.0669. The van der Waals surface area contributed by atoms with Gasteiger partial charge in [0, 0.05) is 12.6 Å². The Bertz CT molecular complexity index is 435. The molecule has 20 heavy (non-hydrogen) atoms. The second-order valence-corrected chi connectivity index (χ2v) is 5.25. The van der Waals surface area contributed by atoms with E-state index in [1.807, 2.05) is 34.7 Å². The maximum Gasteiger partial charge on any atom is 0.258 e. The predicted octanol–water partition coefficient (Wildman–Crippen LogP) is 2.32. The van der Waals surface area contributed by atoms with Crippen molar-refractivity contribution in [1.82, 2.24) is 10.6 Å². The van der Waals surface area contributed by atoms with Gasteiger partial charge in [0.15, 0.2) is 6.61 Å². The zero-order chi connectivity index (χ0) is 15.1. The van der Waals surface area contributed by atoms with Gasteiger partial charge in [-0.1, -0.05) is 19.1 Å². The third kappa shape index (κ3) is 4.85. The van der Waals surface area contributed by atoms with E-state index in [9.17, 15) is 4.79 Å². The van der Waals surface area contributed by atoms with Crippen LogP contribution >= 0.6 is 0 Å². The average molecular weight is 278 g/mol. The van der Waals surface area contributed by atoms with Gasteiger partial charge in [-0.05, 0) is 50.9 Å². The van der Waals surface area contributed by atoms with Crippen LogP contribution in [0.5, 0.6) is 5.75 Å². The van der Waals surface area contributed by atoms with Crippen molar-refractivity contribution in [3.05, 3.63) is 28.8 Å². The van der Waals surface area contributed by atoms with E-state index >= 15 is 0 Å². The van der Waals surface area contributed by atoms with Crippen molar-refractivity contribution in [2.45, 2.75) is 46.7 Å². The first-order valence-corrected chi connectivity index (χ1v) is 7.14. The molecule has 1 amide bonds. The summed E-state index contributed by atoms with van der Waals surface area (Å²) in [6.45, 7) is 8.94. The van der Waals surface area contributed by atoms with Crippen LogP contribution in [0.2, 0.25) is 0 Å². The second-order valence-electron chi connectivity index (χ2n) is 5.25. The normalized spacial score (nSPS) is 12.1. The van der Waals surface area contributed by atoms with Crippen molar-refractivity contribution in [3.8, 4) is 5.75 Å². The van der Waals surface area contributed by atoms with Crippen molar-refractivity contribution in [2.24, 2.45) is 0 Å². The van der Waals surface area contributed by atoms with Gasteiger partial charge in [0.25, 0.3) is 5.91 Å². The molecule has 0 spiro atoms. The van der Waals surface area contributed by atoms with Crippen LogP contribution in [0.15, 0.2) is 12.1 Å². The number of amides is 1. The largest absolute Gasteiger partial charge is 0.483 e. The number of hydrogen-bond donors (Lipinski definition) is 2. The van der Waals surface area contributed by atoms with Crippen LogP contribution in [-0.2, 0) is 11.3 Å². The van der Waals surface area contributed by atoms with Crippen LogP contribution in [0.3, 0.4) is 0 Å². The number of benzene rings is 1. The monoisotopic (exact) mass is 278 g/mol. The molecule has 0 aliphatic heterocycles. The van der Waals surface area contributed by atoms with Crippen LogP contribution in [-0.4, -0.2) is 25.6 Å². The van der Waals surface area contributed by atoms with E-state index in [2.05, 4.69) is 22.8 Å². The summed E-state index contributed by atoms with van der Waals surface area (Å²) >= 11 is 0. The standard InChI is InChI=1S/C16H26N2O2/c1-6-13(4)18-15(19)10-20-16-11(2)7-14(9-17-5)8-12(16)3/h7-8,13,17H,6,9-10H2,1-5H3,(H,18,19). The molecule has 1 unspecified atom stereocenters. The number of nitrogens with one attached hydrogen (secondary N) is 2. The molecule has 1 aromatic rings. The fourth-order valence-corrected chi connectivity index (χ4v) is 2.13. The molecular formula is C16H26N2O2. The Hall–Kier alpha value is -1.55. The second kappa shape index (κ2) is 7.90. The highest BCUT2D eigenvalue weighted by molar-refractivity contribution is 5.77. The minimum Gasteiger partial charge on any atom is -0.483 e. The van der Waals surface area contributed by atoms with Crippen LogP contribution in [0.1, 0.15) is 37.0 Å². The maximum absolute atomic E-state index is 11.7. The summed E-state index contributed by atoms with van der Waals surface area (Å²) in [4.78, 5) is 11.7. The smallest absolute Gasteiger partial charge is 0.258 e. The Morgan fingerprint density at radius 3 is 2.40 bits per heavy atom. The minimum atomic E-state index is -0.0718. The molecule has 0 fully saturated rings. The number of ether oxygens (including phenoxy) is 1. The molecule has 0 aromatic heterocycles. The van der Waals surface area contributed by atoms with Gasteiger partial charge in [0.1, 0.15) is 5.75 Å². The van der Waals surface area contributed by atoms with Crippen LogP contribution < -0.4 is 15.4 Å². The summed E-state index contributed by atoms with van der Waals surface area (Å²) in [5, 5.41) is 6.03. The molecule has 0 radical (unpaired) electrons. The van der Waals surface area contributed by atoms with E-state index in [1.54, 1.807) is 0 Å². The first-order valence-electron chi connectivity index (χ1n) is 7.14. The van der Waals surface area contributed by atoms with Crippen molar-refractivity contribution in [2.75, 3.05) is 13.7 Å². The molecule has 1 rings (SSSR count). The summed E-state index contributed by atoms with van der Waals surface area (Å²) in [5.74, 6) is 0.738. The van der Waals surface area contributed by atoms with E-state index in [0.717, 1.165) is 29.8 Å². The first-order chi connectivity index (χ1) is 9.47. The van der Waals surface area contributed by atoms with Gasteiger partial charge >= 0.3 is 0 Å². The lowest BCUT2D eigenvalue weighted by molar-refractivity contribution is -0.123. The quantitative estimate of drug-likeness (QED) is 0.805. The van der Waals surface area contributed by atoms with Crippen LogP contribution in [0.25, 0.3) is 0 Å². The highest BCUT2D eigenvalue weighted by Gasteiger charge is 2.10. The Labute approximate surface area is 121 Å². The van der Waals surface area contributed by atoms with Gasteiger partial charge in [-0.3, -0.25) is 4.79 Å². The summed E-state index contributed by atoms with van der Waals surface area (Å²) in [5.41, 5.74) is 3.34. The third-order valence-electron chi connectivity index (χ3n) is 3.27. The molecule has 2 N–H and O–H groups in total. The van der Waals surface area contributed by atoms with E-state index in [0.29, 0.717) is 0 Å². The van der Waals surface area contributed by atoms with Crippen LogP contribution in [0, 0.1) is 13.8 Å². The maximum atomic E-state index is 11.7. The van der Waals surface area contributed by atoms with Crippen molar-refractivity contribution >= 4 is 5.91 Å². The Morgan fingerprint density at radius 1 is 1.30 bits per heavy atom. The molecule has 4 heteroatoms. The number of carbonyl (C=O) groups is 1. The molecule has 0 aliphatic rings. The van der Waals surface area contributed by atoms with Gasteiger partial charge in [-0.2, -0.15) is 0 Å². The predicted molar refractivity (Wildman–Crippen MR) is 82.1 cm³/mol. The van der Waals surface area contributed by atoms with Crippen LogP contribution in [0.4, 0.5) is 0 Å². The summed E-state index contributed by atoms with van der Waals surface area (Å²) in [6, 6.07) is 4.36. The molecule has 1 atom stereocenters. The lowest BCUT2D eigenvalue weighted by Gasteiger charge is -2.15. The Balaban J connectivity index is 2.66. The molecule has 112 valence electrons. The van der Waals surface area contributed by atoms with Gasteiger partial charge in [-0.15, -0.1) is 0 Å². The molecule has 0 aliphatic carbocycles. The molecular weight excluding hydrogens is 252 g/mol. The lowest BCUT2D eigenvalue weighted by Crippen LogP contribution is -2.35. The first kappa shape index (κ1) is 16.5. The van der Waals surface area contributed by atoms with Crippen molar-refractivity contribution < 1.29 is 9.53 Å². The molecule has 0 saturated heterocycles. The van der Waals surface area contributed by atoms with Crippen molar-refractivity contribution in [3.63, 3.8) is 0 Å². The lowest BCUT2D eigenvalue weighted by atomic mass is 10.1. The van der Waals surface area contributed by atoms with Gasteiger partial charge < -0.3 is 15.4 Å². The number of carbonyl (C=O) groups excluding carboxylic acids is 1. The van der Waals surface area contributed by atoms with E-state index < -0.39 is 0 Å². The van der Waals surface area contributed by atoms with Crippen molar-refractivity contribution in [1.29, 1.82) is 0 Å². The SMILES string of the molecule is CCC(C)NC(=O)COc1c(C)cc(CNC)cc1C. The molecule has 1 aromatic carbocycles. The zero-order valence-corrected chi connectivity index (χ0v) is 13.2. The summed E-state index contributed by atoms with van der Waals surface area (Å²) in [7, 11) is 1.92. The summed E-state index contributed by atoms with van der Waals surface area (Å²) < 4.78 is 5.68. The number of aryl methyl sites for hydroxylation is 2. The molecule has 0 saturated carbocycles. The Kier molecular flexibility index (Phi) is 6.52. The van der Waals surface area contributed by atoms with Gasteiger partial charge in [-0.25, -0.2) is 0 Å². The van der Waals surface area contributed by atoms with E-state index in [4.69, 9.17) is 4.74 Å². The summed E-state index contributed by atoms with van der Waals surface area (Å²) in [6.07, 6.45) is 0.919. The van der Waals surface area contributed by atoms with Gasteiger partial charge in [0.05, 0.1) is 0 Å². The number of hydrogen-bond acceptors (Lipinski definition) is 3. The highest BCUT2D eigenvalue weighted by atomic mass is 16.5. The van der Waals surface area contributed by atoms with Gasteiger partial charge in [0.2, 0.25) is 0 Å². The Morgan fingerprint density at radius 2 is 1.90 bits per heavy atom. The van der Waals surface area contributed by atoms with E-state index in [1.165, 1.54) is 5.56 Å². The zero-order valence-electron chi connectivity index (χ0n) is 13.2. The third-order valence-corrected chi connectivity index (χ3v) is 3.27. The average Bonchev–Trinajstić information content (AvgIpc) is 2.37. The fraction of sp³-hybridized carbons (Fsp3) is 0.562. The molecule has 4 nitrogen and oxygen atoms in total. The number of rotatable bonds is 7. The molecule has 0 heterocycles. The highest BCUT2D eigenvalue weighted by Crippen LogP contribution is 2.24. The topological polar surface area (TPSA) is 50.4 Å². The molecule has 0 bridgehead atoms. The van der Waals surface area contributed by atoms with E-state index in [-0.39, 0.29) is 18.6 Å².